The highest BCUT2D eigenvalue weighted by molar-refractivity contribution is 5.90. The van der Waals surface area contributed by atoms with E-state index < -0.39 is 0 Å². The third-order valence-corrected chi connectivity index (χ3v) is 5.15. The Morgan fingerprint density at radius 3 is 2.17 bits per heavy atom. The van der Waals surface area contributed by atoms with Crippen LogP contribution in [0.2, 0.25) is 0 Å². The molecule has 0 atom stereocenters. The molecule has 4 rings (SSSR count). The van der Waals surface area contributed by atoms with E-state index in [0.717, 1.165) is 0 Å². The molecule has 0 amide bonds. The lowest BCUT2D eigenvalue weighted by molar-refractivity contribution is 0.506. The fourth-order valence-corrected chi connectivity index (χ4v) is 3.64. The van der Waals surface area contributed by atoms with Gasteiger partial charge in [-0.25, -0.2) is 0 Å². The SMILES string of the molecule is Cc1ccc(C2(C3(N)CC3)CC2)c2ccccc12. The minimum absolute atomic E-state index is 0.102. The average Bonchev–Trinajstić information content (AvgIpc) is 3.27. The summed E-state index contributed by atoms with van der Waals surface area (Å²) in [5.41, 5.74) is 9.81. The molecule has 2 N–H and O–H groups in total. The first-order valence-electron chi connectivity index (χ1n) is 6.94. The zero-order valence-corrected chi connectivity index (χ0v) is 10.9. The fourth-order valence-electron chi connectivity index (χ4n) is 3.64. The number of hydrogen-bond donors (Lipinski definition) is 1. The van der Waals surface area contributed by atoms with E-state index >= 15 is 0 Å². The van der Waals surface area contributed by atoms with Crippen molar-refractivity contribution in [3.63, 3.8) is 0 Å². The summed E-state index contributed by atoms with van der Waals surface area (Å²) >= 11 is 0. The number of nitrogens with two attached hydrogens (primary N) is 1. The van der Waals surface area contributed by atoms with Crippen LogP contribution in [0.15, 0.2) is 36.4 Å². The Balaban J connectivity index is 1.99. The van der Waals surface area contributed by atoms with Gasteiger partial charge in [0.2, 0.25) is 0 Å². The van der Waals surface area contributed by atoms with Crippen molar-refractivity contribution in [2.75, 3.05) is 0 Å². The molecule has 0 aliphatic heterocycles. The van der Waals surface area contributed by atoms with Crippen molar-refractivity contribution in [1.29, 1.82) is 0 Å². The van der Waals surface area contributed by atoms with E-state index in [1.165, 1.54) is 47.6 Å². The lowest BCUT2D eigenvalue weighted by Gasteiger charge is -2.25. The summed E-state index contributed by atoms with van der Waals surface area (Å²) in [5.74, 6) is 0. The van der Waals surface area contributed by atoms with Crippen molar-refractivity contribution >= 4 is 10.8 Å². The standard InChI is InChI=1S/C17H19N/c1-12-6-7-15(14-5-3-2-4-13(12)14)16(8-9-16)17(18)10-11-17/h2-7H,8-11,18H2,1H3. The zero-order chi connectivity index (χ0) is 12.4. The predicted octanol–water partition coefficient (Wildman–Crippen LogP) is 3.67. The number of aryl methyl sites for hydroxylation is 1. The fraction of sp³-hybridized carbons (Fsp3) is 0.412. The number of benzene rings is 2. The smallest absolute Gasteiger partial charge is 0.0253 e. The highest BCUT2D eigenvalue weighted by Gasteiger charge is 2.64. The van der Waals surface area contributed by atoms with Gasteiger partial charge in [-0.2, -0.15) is 0 Å². The Hall–Kier alpha value is -1.34. The van der Waals surface area contributed by atoms with Gasteiger partial charge in [-0.15, -0.1) is 0 Å². The van der Waals surface area contributed by atoms with Crippen LogP contribution in [0.3, 0.4) is 0 Å². The molecule has 2 aromatic rings. The van der Waals surface area contributed by atoms with Crippen molar-refractivity contribution in [1.82, 2.24) is 0 Å². The van der Waals surface area contributed by atoms with Gasteiger partial charge in [0.25, 0.3) is 0 Å². The summed E-state index contributed by atoms with van der Waals surface area (Å²) < 4.78 is 0. The first kappa shape index (κ1) is 10.6. The first-order valence-corrected chi connectivity index (χ1v) is 6.94. The molecule has 2 aliphatic rings. The van der Waals surface area contributed by atoms with Gasteiger partial charge >= 0.3 is 0 Å². The van der Waals surface area contributed by atoms with Crippen LogP contribution in [0.1, 0.15) is 36.8 Å². The maximum atomic E-state index is 6.55. The Kier molecular flexibility index (Phi) is 1.85. The van der Waals surface area contributed by atoms with E-state index in [1.807, 2.05) is 0 Å². The molecule has 1 nitrogen and oxygen atoms in total. The van der Waals surface area contributed by atoms with E-state index in [9.17, 15) is 0 Å². The van der Waals surface area contributed by atoms with Gasteiger partial charge in [0.15, 0.2) is 0 Å². The summed E-state index contributed by atoms with van der Waals surface area (Å²) in [6, 6.07) is 13.4. The third-order valence-electron chi connectivity index (χ3n) is 5.15. The van der Waals surface area contributed by atoms with Crippen LogP contribution in [0.4, 0.5) is 0 Å². The van der Waals surface area contributed by atoms with Crippen molar-refractivity contribution in [3.05, 3.63) is 47.5 Å². The molecule has 1 heteroatoms. The lowest BCUT2D eigenvalue weighted by Crippen LogP contribution is -2.37. The summed E-state index contributed by atoms with van der Waals surface area (Å²) in [4.78, 5) is 0. The van der Waals surface area contributed by atoms with Crippen LogP contribution in [-0.4, -0.2) is 5.54 Å². The molecule has 92 valence electrons. The average molecular weight is 237 g/mol. The second-order valence-electron chi connectivity index (χ2n) is 6.21. The topological polar surface area (TPSA) is 26.0 Å². The van der Waals surface area contributed by atoms with Gasteiger partial charge in [0.1, 0.15) is 0 Å². The molecule has 0 aromatic heterocycles. The number of hydrogen-bond acceptors (Lipinski definition) is 1. The van der Waals surface area contributed by atoms with Crippen LogP contribution in [-0.2, 0) is 5.41 Å². The van der Waals surface area contributed by atoms with Crippen LogP contribution in [0.25, 0.3) is 10.8 Å². The van der Waals surface area contributed by atoms with Gasteiger partial charge < -0.3 is 5.73 Å². The summed E-state index contributed by atoms with van der Waals surface area (Å²) in [6.07, 6.45) is 4.96. The van der Waals surface area contributed by atoms with Gasteiger partial charge in [-0.1, -0.05) is 36.4 Å². The molecular weight excluding hydrogens is 218 g/mol. The molecule has 2 aromatic carbocycles. The van der Waals surface area contributed by atoms with E-state index in [2.05, 4.69) is 43.3 Å². The molecule has 2 fully saturated rings. The van der Waals surface area contributed by atoms with E-state index in [1.54, 1.807) is 0 Å². The van der Waals surface area contributed by atoms with Crippen LogP contribution in [0, 0.1) is 6.92 Å². The van der Waals surface area contributed by atoms with Crippen molar-refractivity contribution in [2.45, 2.75) is 43.6 Å². The molecule has 0 heterocycles. The van der Waals surface area contributed by atoms with Gasteiger partial charge in [0.05, 0.1) is 0 Å². The molecule has 0 saturated heterocycles. The predicted molar refractivity (Wildman–Crippen MR) is 75.7 cm³/mol. The van der Waals surface area contributed by atoms with Crippen molar-refractivity contribution in [3.8, 4) is 0 Å². The Bertz CT molecular complexity index is 633. The van der Waals surface area contributed by atoms with Gasteiger partial charge in [0, 0.05) is 11.0 Å². The van der Waals surface area contributed by atoms with Crippen molar-refractivity contribution < 1.29 is 0 Å². The molecule has 2 aliphatic carbocycles. The zero-order valence-electron chi connectivity index (χ0n) is 10.9. The summed E-state index contributed by atoms with van der Waals surface area (Å²) in [7, 11) is 0. The normalized spacial score (nSPS) is 23.0. The Morgan fingerprint density at radius 2 is 1.56 bits per heavy atom. The molecule has 2 saturated carbocycles. The maximum Gasteiger partial charge on any atom is 0.0253 e. The minimum atomic E-state index is 0.102. The van der Waals surface area contributed by atoms with Crippen LogP contribution in [0.5, 0.6) is 0 Å². The molecule has 0 bridgehead atoms. The van der Waals surface area contributed by atoms with Gasteiger partial charge in [-0.05, 0) is 54.5 Å². The molecule has 0 spiro atoms. The van der Waals surface area contributed by atoms with E-state index in [4.69, 9.17) is 5.73 Å². The van der Waals surface area contributed by atoms with Crippen LogP contribution < -0.4 is 5.73 Å². The maximum absolute atomic E-state index is 6.55. The second kappa shape index (κ2) is 3.16. The van der Waals surface area contributed by atoms with Crippen molar-refractivity contribution in [2.24, 2.45) is 5.73 Å². The molecule has 0 radical (unpaired) electrons. The lowest BCUT2D eigenvalue weighted by atomic mass is 9.82. The Labute approximate surface area is 108 Å². The van der Waals surface area contributed by atoms with Crippen LogP contribution >= 0.6 is 0 Å². The van der Waals surface area contributed by atoms with E-state index in [-0.39, 0.29) is 5.54 Å². The highest BCUT2D eigenvalue weighted by atomic mass is 14.9. The number of rotatable bonds is 2. The minimum Gasteiger partial charge on any atom is -0.324 e. The number of fused-ring (bicyclic) bond motifs is 1. The monoisotopic (exact) mass is 237 g/mol. The quantitative estimate of drug-likeness (QED) is 0.847. The highest BCUT2D eigenvalue weighted by Crippen LogP contribution is 2.64. The Morgan fingerprint density at radius 1 is 0.889 bits per heavy atom. The molecule has 0 unspecified atom stereocenters. The summed E-state index contributed by atoms with van der Waals surface area (Å²) in [5, 5.41) is 2.82. The second-order valence-corrected chi connectivity index (χ2v) is 6.21. The summed E-state index contributed by atoms with van der Waals surface area (Å²) in [6.45, 7) is 2.20. The first-order chi connectivity index (χ1) is 8.66. The molecular formula is C17H19N. The van der Waals surface area contributed by atoms with E-state index in [0.29, 0.717) is 5.41 Å². The third kappa shape index (κ3) is 1.20. The van der Waals surface area contributed by atoms with Gasteiger partial charge in [-0.3, -0.25) is 0 Å². The molecule has 18 heavy (non-hydrogen) atoms. The largest absolute Gasteiger partial charge is 0.324 e.